The molecular weight excluding hydrogens is 436 g/mol. The lowest BCUT2D eigenvalue weighted by molar-refractivity contribution is 0.584. The molecule has 34 heavy (non-hydrogen) atoms. The molecule has 0 saturated carbocycles. The van der Waals surface area contributed by atoms with Gasteiger partial charge in [-0.3, -0.25) is 0 Å². The molecule has 0 amide bonds. The van der Waals surface area contributed by atoms with Gasteiger partial charge in [-0.25, -0.2) is 0 Å². The Hall–Kier alpha value is -3.76. The van der Waals surface area contributed by atoms with E-state index in [4.69, 9.17) is 4.42 Å². The first kappa shape index (κ1) is 20.8. The largest absolute Gasteiger partial charge is 0.416 e. The highest BCUT2D eigenvalue weighted by Crippen LogP contribution is 2.41. The molecule has 0 saturated heterocycles. The van der Waals surface area contributed by atoms with Gasteiger partial charge in [0.1, 0.15) is 0 Å². The van der Waals surface area contributed by atoms with Crippen LogP contribution in [0.25, 0.3) is 54.2 Å². The lowest BCUT2D eigenvalue weighted by Crippen LogP contribution is -1.86. The smallest absolute Gasteiger partial charge is 0.248 e. The molecule has 6 aromatic rings. The second kappa shape index (κ2) is 8.54. The third-order valence-electron chi connectivity index (χ3n) is 6.40. The summed E-state index contributed by atoms with van der Waals surface area (Å²) in [6, 6.07) is 29.9. The number of aromatic nitrogens is 2. The predicted octanol–water partition coefficient (Wildman–Crippen LogP) is 8.56. The fourth-order valence-electron chi connectivity index (χ4n) is 4.45. The molecule has 0 bridgehead atoms. The number of rotatable bonds is 5. The summed E-state index contributed by atoms with van der Waals surface area (Å²) in [6.45, 7) is 4.44. The summed E-state index contributed by atoms with van der Waals surface area (Å²) in [5.41, 5.74) is 7.08. The summed E-state index contributed by atoms with van der Waals surface area (Å²) >= 11 is 1.88. The molecule has 166 valence electrons. The molecular formula is C30H24N2OS. The van der Waals surface area contributed by atoms with Crippen LogP contribution in [-0.4, -0.2) is 10.2 Å². The van der Waals surface area contributed by atoms with Crippen LogP contribution in [0.3, 0.4) is 0 Å². The molecule has 4 aromatic carbocycles. The van der Waals surface area contributed by atoms with Crippen molar-refractivity contribution in [3.63, 3.8) is 0 Å². The number of nitrogens with zero attached hydrogens (tertiary/aromatic N) is 2. The maximum Gasteiger partial charge on any atom is 0.248 e. The maximum absolute atomic E-state index is 5.95. The van der Waals surface area contributed by atoms with Crippen LogP contribution >= 0.6 is 11.3 Å². The normalized spacial score (nSPS) is 11.5. The molecule has 0 aliphatic rings. The van der Waals surface area contributed by atoms with Crippen LogP contribution in [-0.2, 0) is 12.8 Å². The van der Waals surface area contributed by atoms with Crippen LogP contribution in [0.1, 0.15) is 25.0 Å². The lowest BCUT2D eigenvalue weighted by Gasteiger charge is -2.08. The summed E-state index contributed by atoms with van der Waals surface area (Å²) in [6.07, 6.45) is 2.06. The van der Waals surface area contributed by atoms with E-state index in [1.54, 1.807) is 0 Å². The first-order valence-electron chi connectivity index (χ1n) is 11.7. The topological polar surface area (TPSA) is 38.9 Å². The monoisotopic (exact) mass is 460 g/mol. The summed E-state index contributed by atoms with van der Waals surface area (Å²) in [4.78, 5) is 0. The highest BCUT2D eigenvalue weighted by atomic mass is 32.1. The number of benzene rings is 4. The van der Waals surface area contributed by atoms with Crippen LogP contribution < -0.4 is 0 Å². The average molecular weight is 461 g/mol. The van der Waals surface area contributed by atoms with Crippen molar-refractivity contribution in [1.82, 2.24) is 10.2 Å². The van der Waals surface area contributed by atoms with E-state index in [2.05, 4.69) is 78.6 Å². The molecule has 0 aliphatic heterocycles. The minimum absolute atomic E-state index is 0.534. The van der Waals surface area contributed by atoms with E-state index in [9.17, 15) is 0 Å². The Morgan fingerprint density at radius 2 is 1.29 bits per heavy atom. The van der Waals surface area contributed by atoms with Gasteiger partial charge >= 0.3 is 0 Å². The van der Waals surface area contributed by atoms with E-state index in [1.165, 1.54) is 42.4 Å². The second-order valence-electron chi connectivity index (χ2n) is 8.52. The van der Waals surface area contributed by atoms with Crippen LogP contribution in [0.15, 0.2) is 89.3 Å². The van der Waals surface area contributed by atoms with Crippen molar-refractivity contribution in [2.24, 2.45) is 0 Å². The van der Waals surface area contributed by atoms with E-state index in [1.807, 2.05) is 41.7 Å². The number of hydrogen-bond acceptors (Lipinski definition) is 4. The summed E-state index contributed by atoms with van der Waals surface area (Å²) in [5.74, 6) is 1.07. The van der Waals surface area contributed by atoms with Crippen molar-refractivity contribution >= 4 is 31.5 Å². The zero-order valence-electron chi connectivity index (χ0n) is 19.2. The van der Waals surface area contributed by atoms with Crippen LogP contribution in [0, 0.1) is 0 Å². The fraction of sp³-hybridized carbons (Fsp3) is 0.133. The maximum atomic E-state index is 5.95. The average Bonchev–Trinajstić information content (AvgIpc) is 3.54. The Morgan fingerprint density at radius 3 is 2.00 bits per heavy atom. The van der Waals surface area contributed by atoms with Gasteiger partial charge in [-0.15, -0.1) is 21.5 Å². The van der Waals surface area contributed by atoms with Gasteiger partial charge in [-0.1, -0.05) is 50.2 Å². The quantitative estimate of drug-likeness (QED) is 0.259. The van der Waals surface area contributed by atoms with Crippen LogP contribution in [0.5, 0.6) is 0 Å². The molecule has 0 radical (unpaired) electrons. The third kappa shape index (κ3) is 3.61. The first-order chi connectivity index (χ1) is 16.7. The number of thiophene rings is 1. The lowest BCUT2D eigenvalue weighted by atomic mass is 9.97. The minimum Gasteiger partial charge on any atom is -0.416 e. The number of hydrogen-bond donors (Lipinski definition) is 0. The van der Waals surface area contributed by atoms with Gasteiger partial charge in [0.2, 0.25) is 11.8 Å². The molecule has 0 N–H and O–H groups in total. The second-order valence-corrected chi connectivity index (χ2v) is 9.57. The summed E-state index contributed by atoms with van der Waals surface area (Å²) in [7, 11) is 0. The van der Waals surface area contributed by atoms with Gasteiger partial charge in [-0.2, -0.15) is 0 Å². The van der Waals surface area contributed by atoms with Gasteiger partial charge < -0.3 is 4.42 Å². The van der Waals surface area contributed by atoms with Crippen molar-refractivity contribution in [3.05, 3.63) is 96.1 Å². The number of fused-ring (bicyclic) bond motifs is 3. The molecule has 2 heterocycles. The van der Waals surface area contributed by atoms with Gasteiger partial charge in [0.15, 0.2) is 0 Å². The first-order valence-corrected chi connectivity index (χ1v) is 12.5. The van der Waals surface area contributed by atoms with E-state index >= 15 is 0 Å². The SMILES string of the molecule is CCc1ccc2sc3c(-c4ccc(-c5nnc(-c6ccccc6)o5)cc4)cc(CC)cc3c2c1. The molecule has 4 heteroatoms. The minimum atomic E-state index is 0.534. The fourth-order valence-corrected chi connectivity index (χ4v) is 5.65. The third-order valence-corrected chi connectivity index (χ3v) is 7.62. The van der Waals surface area contributed by atoms with Crippen molar-refractivity contribution < 1.29 is 4.42 Å². The molecule has 0 atom stereocenters. The standard InChI is InChI=1S/C30H24N2OS/c1-3-19-10-15-27-25(16-19)26-18-20(4-2)17-24(28(26)34-27)21-11-13-23(14-12-21)30-32-31-29(33-30)22-8-6-5-7-9-22/h5-18H,3-4H2,1-2H3. The van der Waals surface area contributed by atoms with Crippen molar-refractivity contribution in [2.75, 3.05) is 0 Å². The summed E-state index contributed by atoms with van der Waals surface area (Å²) in [5, 5.41) is 11.2. The van der Waals surface area contributed by atoms with E-state index in [-0.39, 0.29) is 0 Å². The molecule has 0 aliphatic carbocycles. The van der Waals surface area contributed by atoms with Crippen molar-refractivity contribution in [1.29, 1.82) is 0 Å². The molecule has 3 nitrogen and oxygen atoms in total. The Bertz CT molecular complexity index is 1610. The van der Waals surface area contributed by atoms with E-state index < -0.39 is 0 Å². The van der Waals surface area contributed by atoms with Gasteiger partial charge in [-0.05, 0) is 83.6 Å². The zero-order chi connectivity index (χ0) is 23.1. The molecule has 0 unspecified atom stereocenters. The predicted molar refractivity (Wildman–Crippen MR) is 142 cm³/mol. The Morgan fingerprint density at radius 1 is 0.647 bits per heavy atom. The Kier molecular flexibility index (Phi) is 5.23. The Labute approximate surface area is 202 Å². The molecule has 2 aromatic heterocycles. The molecule has 0 spiro atoms. The van der Waals surface area contributed by atoms with Crippen LogP contribution in [0.4, 0.5) is 0 Å². The Balaban J connectivity index is 1.42. The van der Waals surface area contributed by atoms with Gasteiger partial charge in [0, 0.05) is 31.3 Å². The highest BCUT2D eigenvalue weighted by Gasteiger charge is 2.14. The molecule has 6 rings (SSSR count). The van der Waals surface area contributed by atoms with Crippen molar-refractivity contribution in [3.8, 4) is 34.0 Å². The summed E-state index contributed by atoms with van der Waals surface area (Å²) < 4.78 is 8.64. The highest BCUT2D eigenvalue weighted by molar-refractivity contribution is 7.26. The van der Waals surface area contributed by atoms with Gasteiger partial charge in [0.05, 0.1) is 0 Å². The van der Waals surface area contributed by atoms with E-state index in [0.717, 1.165) is 24.0 Å². The van der Waals surface area contributed by atoms with Crippen LogP contribution in [0.2, 0.25) is 0 Å². The van der Waals surface area contributed by atoms with Gasteiger partial charge in [0.25, 0.3) is 0 Å². The molecule has 0 fully saturated rings. The zero-order valence-corrected chi connectivity index (χ0v) is 20.0. The van der Waals surface area contributed by atoms with E-state index in [0.29, 0.717) is 11.8 Å². The number of aryl methyl sites for hydroxylation is 2. The van der Waals surface area contributed by atoms with Crippen molar-refractivity contribution in [2.45, 2.75) is 26.7 Å².